The fourth-order valence-corrected chi connectivity index (χ4v) is 5.74. The molecule has 1 saturated heterocycles. The molecule has 1 aliphatic heterocycles. The van der Waals surface area contributed by atoms with Crippen LogP contribution in [0.1, 0.15) is 55.2 Å². The van der Waals surface area contributed by atoms with Crippen LogP contribution < -0.4 is 9.47 Å². The van der Waals surface area contributed by atoms with Crippen molar-refractivity contribution in [2.75, 3.05) is 20.8 Å². The van der Waals surface area contributed by atoms with Crippen LogP contribution in [0.5, 0.6) is 11.5 Å². The summed E-state index contributed by atoms with van der Waals surface area (Å²) < 4.78 is 53.5. The van der Waals surface area contributed by atoms with Crippen molar-refractivity contribution in [3.05, 3.63) is 41.7 Å². The van der Waals surface area contributed by atoms with E-state index in [0.29, 0.717) is 35.4 Å². The number of ether oxygens (including phenoxy) is 2. The zero-order chi connectivity index (χ0) is 25.6. The Kier molecular flexibility index (Phi) is 6.30. The maximum absolute atomic E-state index is 14.1. The van der Waals surface area contributed by atoms with E-state index in [1.54, 1.807) is 18.2 Å². The lowest BCUT2D eigenvalue weighted by Crippen LogP contribution is -2.52. The molecule has 5 rings (SSSR count). The molecule has 36 heavy (non-hydrogen) atoms. The number of nitrogens with zero attached hydrogens (tertiary/aromatic N) is 4. The molecule has 3 atom stereocenters. The van der Waals surface area contributed by atoms with Gasteiger partial charge in [-0.05, 0) is 55.4 Å². The van der Waals surface area contributed by atoms with Gasteiger partial charge < -0.3 is 14.4 Å². The third-order valence-corrected chi connectivity index (χ3v) is 7.62. The molecular weight excluding hydrogens is 473 g/mol. The smallest absolute Gasteiger partial charge is 0.433 e. The number of alkyl halides is 3. The molecule has 10 heteroatoms. The average Bonchev–Trinajstić information content (AvgIpc) is 3.31. The molecule has 1 aliphatic carbocycles. The molecule has 0 N–H and O–H groups in total. The molecule has 1 saturated carbocycles. The van der Waals surface area contributed by atoms with E-state index in [1.165, 1.54) is 20.3 Å². The molecule has 192 valence electrons. The molecule has 2 aromatic heterocycles. The molecular formula is C26H29F3N4O3. The topological polar surface area (TPSA) is 69.0 Å². The first-order valence-electron chi connectivity index (χ1n) is 12.2. The Morgan fingerprint density at radius 3 is 2.50 bits per heavy atom. The number of aromatic nitrogens is 3. The molecule has 2 aliphatic rings. The SMILES string of the molecule is COc1ccc(-c2cc(C(F)(F)F)n3nc(C(=O)N4CC[C@@H](C)[C@H]5CCCC[C@H]54)cc3n2)cc1OC. The summed E-state index contributed by atoms with van der Waals surface area (Å²) in [6.07, 6.45) is 0.388. The normalized spacial score (nSPS) is 22.4. The molecule has 2 fully saturated rings. The minimum Gasteiger partial charge on any atom is -0.493 e. The summed E-state index contributed by atoms with van der Waals surface area (Å²) in [5.41, 5.74) is -0.544. The molecule has 3 aromatic rings. The Morgan fingerprint density at radius 2 is 1.78 bits per heavy atom. The highest BCUT2D eigenvalue weighted by Crippen LogP contribution is 2.40. The summed E-state index contributed by atoms with van der Waals surface area (Å²) in [5.74, 6) is 1.45. The van der Waals surface area contributed by atoms with Crippen molar-refractivity contribution in [1.82, 2.24) is 19.5 Å². The van der Waals surface area contributed by atoms with Gasteiger partial charge in [0.1, 0.15) is 0 Å². The lowest BCUT2D eigenvalue weighted by Gasteiger charge is -2.47. The van der Waals surface area contributed by atoms with Crippen LogP contribution in [0.25, 0.3) is 16.9 Å². The monoisotopic (exact) mass is 502 g/mol. The van der Waals surface area contributed by atoms with Crippen LogP contribution in [0.2, 0.25) is 0 Å². The van der Waals surface area contributed by atoms with E-state index in [9.17, 15) is 18.0 Å². The summed E-state index contributed by atoms with van der Waals surface area (Å²) in [6.45, 7) is 2.82. The third-order valence-electron chi connectivity index (χ3n) is 7.62. The molecule has 1 amide bonds. The second-order valence-corrected chi connectivity index (χ2v) is 9.67. The number of likely N-dealkylation sites (tertiary alicyclic amines) is 1. The molecule has 0 radical (unpaired) electrons. The number of piperidine rings is 1. The first-order valence-corrected chi connectivity index (χ1v) is 12.2. The summed E-state index contributed by atoms with van der Waals surface area (Å²) in [6, 6.07) is 7.19. The van der Waals surface area contributed by atoms with Gasteiger partial charge >= 0.3 is 6.18 Å². The van der Waals surface area contributed by atoms with Crippen molar-refractivity contribution < 1.29 is 27.4 Å². The van der Waals surface area contributed by atoms with Crippen LogP contribution in [-0.4, -0.2) is 52.2 Å². The van der Waals surface area contributed by atoms with Gasteiger partial charge in [-0.1, -0.05) is 19.8 Å². The molecule has 0 bridgehead atoms. The summed E-state index contributed by atoms with van der Waals surface area (Å²) in [7, 11) is 2.93. The number of carbonyl (C=O) groups excluding carboxylic acids is 1. The molecule has 7 nitrogen and oxygen atoms in total. The predicted molar refractivity (Wildman–Crippen MR) is 127 cm³/mol. The Bertz CT molecular complexity index is 1290. The van der Waals surface area contributed by atoms with E-state index in [1.807, 2.05) is 4.90 Å². The summed E-state index contributed by atoms with van der Waals surface area (Å²) in [5, 5.41) is 4.11. The van der Waals surface area contributed by atoms with Gasteiger partial charge in [-0.2, -0.15) is 18.3 Å². The third kappa shape index (κ3) is 4.26. The van der Waals surface area contributed by atoms with Gasteiger partial charge in [0.15, 0.2) is 28.5 Å². The van der Waals surface area contributed by atoms with Crippen LogP contribution in [0.15, 0.2) is 30.3 Å². The Balaban J connectivity index is 1.56. The van der Waals surface area contributed by atoms with Crippen molar-refractivity contribution in [3.8, 4) is 22.8 Å². The summed E-state index contributed by atoms with van der Waals surface area (Å²) >= 11 is 0. The highest BCUT2D eigenvalue weighted by molar-refractivity contribution is 5.93. The van der Waals surface area contributed by atoms with Crippen LogP contribution >= 0.6 is 0 Å². The maximum Gasteiger partial charge on any atom is 0.433 e. The minimum absolute atomic E-state index is 0.0173. The Morgan fingerprint density at radius 1 is 1.03 bits per heavy atom. The van der Waals surface area contributed by atoms with E-state index < -0.39 is 11.9 Å². The van der Waals surface area contributed by atoms with Gasteiger partial charge in [0.2, 0.25) is 0 Å². The second kappa shape index (κ2) is 9.29. The van der Waals surface area contributed by atoms with E-state index in [2.05, 4.69) is 17.0 Å². The fourth-order valence-electron chi connectivity index (χ4n) is 5.74. The molecule has 3 heterocycles. The number of amides is 1. The van der Waals surface area contributed by atoms with E-state index in [4.69, 9.17) is 9.47 Å². The van der Waals surface area contributed by atoms with Crippen LogP contribution in [0.3, 0.4) is 0 Å². The van der Waals surface area contributed by atoms with Crippen LogP contribution in [-0.2, 0) is 6.18 Å². The van der Waals surface area contributed by atoms with Gasteiger partial charge in [-0.15, -0.1) is 0 Å². The number of carbonyl (C=O) groups is 1. The van der Waals surface area contributed by atoms with E-state index in [0.717, 1.165) is 42.7 Å². The van der Waals surface area contributed by atoms with Crippen molar-refractivity contribution in [1.29, 1.82) is 0 Å². The Hall–Kier alpha value is -3.30. The standard InChI is InChI=1S/C26H29F3N4O3/c1-15-10-11-32(20-7-5-4-6-17(15)20)25(34)19-14-24-30-18(13-23(26(27,28)29)33(24)31-19)16-8-9-21(35-2)22(12-16)36-3/h8-9,12-15,17,20H,4-7,10-11H2,1-3H3/t15-,17-,20-/m1/s1. The fraction of sp³-hybridized carbons (Fsp3) is 0.500. The first kappa shape index (κ1) is 24.4. The lowest BCUT2D eigenvalue weighted by molar-refractivity contribution is -0.142. The van der Waals surface area contributed by atoms with E-state index in [-0.39, 0.29) is 29.0 Å². The largest absolute Gasteiger partial charge is 0.493 e. The maximum atomic E-state index is 14.1. The van der Waals surface area contributed by atoms with Crippen molar-refractivity contribution in [2.45, 2.75) is 51.2 Å². The minimum atomic E-state index is -4.70. The number of halogens is 3. The van der Waals surface area contributed by atoms with Crippen molar-refractivity contribution >= 4 is 11.6 Å². The number of hydrogen-bond acceptors (Lipinski definition) is 5. The molecule has 0 unspecified atom stereocenters. The van der Waals surface area contributed by atoms with Gasteiger partial charge in [0.25, 0.3) is 5.91 Å². The van der Waals surface area contributed by atoms with Crippen molar-refractivity contribution in [3.63, 3.8) is 0 Å². The number of benzene rings is 1. The zero-order valence-corrected chi connectivity index (χ0v) is 20.5. The number of hydrogen-bond donors (Lipinski definition) is 0. The predicted octanol–water partition coefficient (Wildman–Crippen LogP) is 5.47. The van der Waals surface area contributed by atoms with E-state index >= 15 is 0 Å². The van der Waals surface area contributed by atoms with Crippen molar-refractivity contribution in [2.24, 2.45) is 11.8 Å². The molecule has 1 aromatic carbocycles. The first-order chi connectivity index (χ1) is 17.2. The van der Waals surface area contributed by atoms with Crippen LogP contribution in [0.4, 0.5) is 13.2 Å². The zero-order valence-electron chi connectivity index (χ0n) is 20.5. The van der Waals surface area contributed by atoms with Gasteiger partial charge in [-0.25, -0.2) is 9.50 Å². The Labute approximate surface area is 207 Å². The number of rotatable bonds is 4. The highest BCUT2D eigenvalue weighted by atomic mass is 19.4. The number of methoxy groups -OCH3 is 2. The number of fused-ring (bicyclic) bond motifs is 2. The highest BCUT2D eigenvalue weighted by Gasteiger charge is 2.41. The average molecular weight is 503 g/mol. The van der Waals surface area contributed by atoms with Crippen LogP contribution in [0, 0.1) is 11.8 Å². The van der Waals surface area contributed by atoms with Gasteiger partial charge in [0.05, 0.1) is 19.9 Å². The van der Waals surface area contributed by atoms with Gasteiger partial charge in [-0.3, -0.25) is 4.79 Å². The second-order valence-electron chi connectivity index (χ2n) is 9.67. The molecule has 0 spiro atoms. The van der Waals surface area contributed by atoms with Gasteiger partial charge in [0, 0.05) is 24.2 Å². The summed E-state index contributed by atoms with van der Waals surface area (Å²) in [4.78, 5) is 19.8. The lowest BCUT2D eigenvalue weighted by atomic mass is 9.72. The quantitative estimate of drug-likeness (QED) is 0.473.